The summed E-state index contributed by atoms with van der Waals surface area (Å²) in [5.74, 6) is -0.231. The van der Waals surface area contributed by atoms with E-state index in [1.54, 1.807) is 11.0 Å². The Bertz CT molecular complexity index is 463. The number of nitrogens with two attached hydrogens (primary N) is 1. The quantitative estimate of drug-likeness (QED) is 0.792. The third-order valence-electron chi connectivity index (χ3n) is 3.41. The van der Waals surface area contributed by atoms with Gasteiger partial charge in [-0.2, -0.15) is 5.10 Å². The highest BCUT2D eigenvalue weighted by atomic mass is 16.5. The first-order chi connectivity index (χ1) is 9.11. The summed E-state index contributed by atoms with van der Waals surface area (Å²) >= 11 is 0. The van der Waals surface area contributed by atoms with E-state index in [4.69, 9.17) is 10.5 Å². The summed E-state index contributed by atoms with van der Waals surface area (Å²) in [4.78, 5) is 24.4. The first-order valence-electron chi connectivity index (χ1n) is 6.23. The molecule has 19 heavy (non-hydrogen) atoms. The number of carbonyl (C=O) groups is 2. The van der Waals surface area contributed by atoms with E-state index in [2.05, 4.69) is 10.2 Å². The van der Waals surface area contributed by atoms with E-state index >= 15 is 0 Å². The topological polar surface area (TPSA) is 101 Å². The molecule has 0 bridgehead atoms. The predicted molar refractivity (Wildman–Crippen MR) is 67.5 cm³/mol. The van der Waals surface area contributed by atoms with Crippen LogP contribution in [-0.4, -0.2) is 53.7 Å². The first-order valence-corrected chi connectivity index (χ1v) is 6.23. The molecule has 1 aromatic rings. The number of ether oxygens (including phenoxy) is 1. The Morgan fingerprint density at radius 1 is 1.53 bits per heavy atom. The lowest BCUT2D eigenvalue weighted by Crippen LogP contribution is -2.39. The molecular weight excluding hydrogens is 248 g/mol. The molecule has 1 fully saturated rings. The number of aromatic amines is 1. The molecule has 2 rings (SSSR count). The second-order valence-electron chi connectivity index (χ2n) is 4.66. The molecule has 104 valence electrons. The summed E-state index contributed by atoms with van der Waals surface area (Å²) in [5, 5.41) is 6.72. The lowest BCUT2D eigenvalue weighted by Gasteiger charge is -2.31. The van der Waals surface area contributed by atoms with Gasteiger partial charge in [-0.3, -0.25) is 14.7 Å². The van der Waals surface area contributed by atoms with Crippen LogP contribution < -0.4 is 5.73 Å². The maximum atomic E-state index is 11.7. The zero-order valence-corrected chi connectivity index (χ0v) is 10.9. The van der Waals surface area contributed by atoms with Crippen molar-refractivity contribution in [1.82, 2.24) is 15.1 Å². The molecule has 2 heterocycles. The normalized spacial score (nSPS) is 16.6. The molecular formula is C12H18N4O3. The Balaban J connectivity index is 1.92. The van der Waals surface area contributed by atoms with Crippen molar-refractivity contribution in [3.05, 3.63) is 17.5 Å². The zero-order valence-electron chi connectivity index (χ0n) is 10.9. The van der Waals surface area contributed by atoms with Gasteiger partial charge in [-0.1, -0.05) is 0 Å². The number of nitrogens with one attached hydrogen (secondary N) is 1. The summed E-state index contributed by atoms with van der Waals surface area (Å²) in [5.41, 5.74) is 6.33. The van der Waals surface area contributed by atoms with E-state index in [0.717, 1.165) is 18.5 Å². The highest BCUT2D eigenvalue weighted by Crippen LogP contribution is 2.26. The number of nitrogens with zero attached hydrogens (tertiary/aromatic N) is 2. The fourth-order valence-electron chi connectivity index (χ4n) is 2.33. The summed E-state index contributed by atoms with van der Waals surface area (Å²) in [6.07, 6.45) is 1.69. The molecule has 3 N–H and O–H groups in total. The maximum absolute atomic E-state index is 11.7. The van der Waals surface area contributed by atoms with Gasteiger partial charge in [0.1, 0.15) is 12.3 Å². The van der Waals surface area contributed by atoms with Crippen LogP contribution in [-0.2, 0) is 9.53 Å². The van der Waals surface area contributed by atoms with Crippen molar-refractivity contribution in [1.29, 1.82) is 0 Å². The van der Waals surface area contributed by atoms with Crippen molar-refractivity contribution in [2.24, 2.45) is 5.73 Å². The SMILES string of the molecule is COCC(=O)N1CCC(c2cc(C(N)=O)n[nH]2)CC1. The molecule has 1 aromatic heterocycles. The molecule has 7 heteroatoms. The second kappa shape index (κ2) is 5.83. The van der Waals surface area contributed by atoms with Crippen LogP contribution in [0.3, 0.4) is 0 Å². The van der Waals surface area contributed by atoms with Gasteiger partial charge in [-0.15, -0.1) is 0 Å². The van der Waals surface area contributed by atoms with Gasteiger partial charge in [0.05, 0.1) is 0 Å². The second-order valence-corrected chi connectivity index (χ2v) is 4.66. The third-order valence-corrected chi connectivity index (χ3v) is 3.41. The van der Waals surface area contributed by atoms with Crippen LogP contribution in [0.4, 0.5) is 0 Å². The third kappa shape index (κ3) is 3.11. The Morgan fingerprint density at radius 2 is 2.21 bits per heavy atom. The average Bonchev–Trinajstić information content (AvgIpc) is 2.89. The molecule has 7 nitrogen and oxygen atoms in total. The van der Waals surface area contributed by atoms with Gasteiger partial charge < -0.3 is 15.4 Å². The van der Waals surface area contributed by atoms with E-state index in [9.17, 15) is 9.59 Å². The van der Waals surface area contributed by atoms with Gasteiger partial charge in [0.2, 0.25) is 5.91 Å². The molecule has 1 saturated heterocycles. The minimum atomic E-state index is -0.532. The molecule has 0 unspecified atom stereocenters. The van der Waals surface area contributed by atoms with E-state index in [1.165, 1.54) is 7.11 Å². The van der Waals surface area contributed by atoms with Crippen molar-refractivity contribution in [2.45, 2.75) is 18.8 Å². The Hall–Kier alpha value is -1.89. The molecule has 0 spiro atoms. The number of methoxy groups -OCH3 is 1. The first kappa shape index (κ1) is 13.5. The summed E-state index contributed by atoms with van der Waals surface area (Å²) in [6.45, 7) is 1.51. The zero-order chi connectivity index (χ0) is 13.8. The molecule has 1 aliphatic rings. The van der Waals surface area contributed by atoms with Gasteiger partial charge in [0.15, 0.2) is 0 Å². The average molecular weight is 266 g/mol. The minimum absolute atomic E-state index is 0.0170. The van der Waals surface area contributed by atoms with E-state index < -0.39 is 5.91 Å². The molecule has 1 aliphatic heterocycles. The van der Waals surface area contributed by atoms with Crippen molar-refractivity contribution < 1.29 is 14.3 Å². The molecule has 0 aromatic carbocycles. The highest BCUT2D eigenvalue weighted by Gasteiger charge is 2.25. The van der Waals surface area contributed by atoms with Crippen molar-refractivity contribution in [2.75, 3.05) is 26.8 Å². The van der Waals surface area contributed by atoms with Crippen LogP contribution in [0.15, 0.2) is 6.07 Å². The van der Waals surface area contributed by atoms with Crippen LogP contribution >= 0.6 is 0 Å². The largest absolute Gasteiger partial charge is 0.375 e. The van der Waals surface area contributed by atoms with E-state index in [-0.39, 0.29) is 24.1 Å². The fraction of sp³-hybridized carbons (Fsp3) is 0.583. The molecule has 0 saturated carbocycles. The van der Waals surface area contributed by atoms with Gasteiger partial charge in [0.25, 0.3) is 5.91 Å². The van der Waals surface area contributed by atoms with Crippen LogP contribution in [0.25, 0.3) is 0 Å². The standard InChI is InChI=1S/C12H18N4O3/c1-19-7-11(17)16-4-2-8(3-5-16)9-6-10(12(13)18)15-14-9/h6,8H,2-5,7H2,1H3,(H2,13,18)(H,14,15). The number of hydrogen-bond donors (Lipinski definition) is 2. The Morgan fingerprint density at radius 3 is 2.74 bits per heavy atom. The number of piperidine rings is 1. The summed E-state index contributed by atoms with van der Waals surface area (Å²) in [7, 11) is 1.51. The molecule has 0 aliphatic carbocycles. The maximum Gasteiger partial charge on any atom is 0.269 e. The van der Waals surface area contributed by atoms with Crippen LogP contribution in [0.5, 0.6) is 0 Å². The Labute approximate surface area is 111 Å². The van der Waals surface area contributed by atoms with Gasteiger partial charge >= 0.3 is 0 Å². The van der Waals surface area contributed by atoms with Crippen LogP contribution in [0, 0.1) is 0 Å². The monoisotopic (exact) mass is 266 g/mol. The number of aromatic nitrogens is 2. The molecule has 2 amide bonds. The number of hydrogen-bond acceptors (Lipinski definition) is 4. The van der Waals surface area contributed by atoms with Crippen molar-refractivity contribution in [3.63, 3.8) is 0 Å². The molecule has 0 atom stereocenters. The highest BCUT2D eigenvalue weighted by molar-refractivity contribution is 5.90. The number of rotatable bonds is 4. The molecule has 0 radical (unpaired) electrons. The number of carbonyl (C=O) groups excluding carboxylic acids is 2. The fourth-order valence-corrected chi connectivity index (χ4v) is 2.33. The number of H-pyrrole nitrogens is 1. The number of likely N-dealkylation sites (tertiary alicyclic amines) is 1. The number of primary amides is 1. The lowest BCUT2D eigenvalue weighted by atomic mass is 9.93. The van der Waals surface area contributed by atoms with Gasteiger partial charge in [0, 0.05) is 31.8 Å². The van der Waals surface area contributed by atoms with E-state index in [0.29, 0.717) is 13.1 Å². The Kier molecular flexibility index (Phi) is 4.16. The summed E-state index contributed by atoms with van der Waals surface area (Å²) in [6, 6.07) is 1.69. The summed E-state index contributed by atoms with van der Waals surface area (Å²) < 4.78 is 4.84. The van der Waals surface area contributed by atoms with Crippen molar-refractivity contribution in [3.8, 4) is 0 Å². The minimum Gasteiger partial charge on any atom is -0.375 e. The van der Waals surface area contributed by atoms with E-state index in [1.807, 2.05) is 0 Å². The lowest BCUT2D eigenvalue weighted by molar-refractivity contribution is -0.136. The van der Waals surface area contributed by atoms with Crippen molar-refractivity contribution >= 4 is 11.8 Å². The predicted octanol–water partition coefficient (Wildman–Crippen LogP) is -0.139. The number of amides is 2. The smallest absolute Gasteiger partial charge is 0.269 e. The van der Waals surface area contributed by atoms with Gasteiger partial charge in [-0.05, 0) is 18.9 Å². The van der Waals surface area contributed by atoms with Gasteiger partial charge in [-0.25, -0.2) is 0 Å². The van der Waals surface area contributed by atoms with Crippen LogP contribution in [0.1, 0.15) is 34.9 Å². The van der Waals surface area contributed by atoms with Crippen LogP contribution in [0.2, 0.25) is 0 Å².